The Labute approximate surface area is 190 Å². The number of carboxylic acid groups (broad SMARTS) is 1. The second-order valence-corrected chi connectivity index (χ2v) is 8.98. The molecule has 1 unspecified atom stereocenters. The van der Waals surface area contributed by atoms with Crippen molar-refractivity contribution < 1.29 is 14.6 Å². The summed E-state index contributed by atoms with van der Waals surface area (Å²) in [5.74, 6) is -0.204. The molecule has 4 rings (SSSR count). The molecule has 4 heteroatoms. The van der Waals surface area contributed by atoms with Gasteiger partial charge in [0.25, 0.3) is 0 Å². The molecule has 0 bridgehead atoms. The maximum atomic E-state index is 12.2. The summed E-state index contributed by atoms with van der Waals surface area (Å²) in [6.07, 6.45) is 10.6. The van der Waals surface area contributed by atoms with Crippen LogP contribution in [0.4, 0.5) is 0 Å². The maximum absolute atomic E-state index is 12.2. The van der Waals surface area contributed by atoms with E-state index in [1.807, 2.05) is 54.6 Å². The Balaban J connectivity index is 1.42. The molecule has 1 aliphatic carbocycles. The lowest BCUT2D eigenvalue weighted by molar-refractivity contribution is -0.140. The van der Waals surface area contributed by atoms with Crippen LogP contribution >= 0.6 is 0 Å². The van der Waals surface area contributed by atoms with Crippen LogP contribution in [0.5, 0.6) is 5.75 Å². The number of aromatic nitrogens is 1. The first-order valence-corrected chi connectivity index (χ1v) is 12.0. The zero-order chi connectivity index (χ0) is 22.2. The Morgan fingerprint density at radius 2 is 1.53 bits per heavy atom. The minimum Gasteiger partial charge on any atom is -0.487 e. The third-order valence-corrected chi connectivity index (χ3v) is 6.67. The SMILES string of the molecule is O=C(O)C(c1ccc(OCc2ccc3ccccc3n2)cc1)C1CCCCCCCCC1. The van der Waals surface area contributed by atoms with E-state index in [-0.39, 0.29) is 5.92 Å². The van der Waals surface area contributed by atoms with Gasteiger partial charge in [-0.25, -0.2) is 4.98 Å². The second-order valence-electron chi connectivity index (χ2n) is 8.98. The van der Waals surface area contributed by atoms with E-state index < -0.39 is 11.9 Å². The Kier molecular flexibility index (Phi) is 7.76. The number of fused-ring (bicyclic) bond motifs is 1. The van der Waals surface area contributed by atoms with Gasteiger partial charge in [0.2, 0.25) is 0 Å². The number of aliphatic carboxylic acids is 1. The zero-order valence-electron chi connectivity index (χ0n) is 18.7. The molecule has 1 saturated carbocycles. The first-order chi connectivity index (χ1) is 15.7. The van der Waals surface area contributed by atoms with Crippen LogP contribution in [-0.2, 0) is 11.4 Å². The van der Waals surface area contributed by atoms with E-state index in [1.165, 1.54) is 32.1 Å². The number of hydrogen-bond acceptors (Lipinski definition) is 3. The molecule has 0 amide bonds. The third kappa shape index (κ3) is 5.87. The molecular formula is C28H33NO3. The van der Waals surface area contributed by atoms with E-state index in [9.17, 15) is 9.90 Å². The lowest BCUT2D eigenvalue weighted by atomic mass is 9.79. The van der Waals surface area contributed by atoms with Gasteiger partial charge in [-0.1, -0.05) is 81.3 Å². The van der Waals surface area contributed by atoms with Gasteiger partial charge in [0.1, 0.15) is 12.4 Å². The lowest BCUT2D eigenvalue weighted by Gasteiger charge is -2.25. The van der Waals surface area contributed by atoms with Gasteiger partial charge in [0, 0.05) is 5.39 Å². The van der Waals surface area contributed by atoms with Crippen LogP contribution in [-0.4, -0.2) is 16.1 Å². The predicted molar refractivity (Wildman–Crippen MR) is 128 cm³/mol. The third-order valence-electron chi connectivity index (χ3n) is 6.67. The Hall–Kier alpha value is -2.88. The van der Waals surface area contributed by atoms with Crippen molar-refractivity contribution >= 4 is 16.9 Å². The van der Waals surface area contributed by atoms with Crippen LogP contribution in [0, 0.1) is 5.92 Å². The molecule has 1 aromatic heterocycles. The topological polar surface area (TPSA) is 59.4 Å². The number of pyridine rings is 1. The van der Waals surface area contributed by atoms with Gasteiger partial charge in [0.05, 0.1) is 17.1 Å². The summed E-state index contributed by atoms with van der Waals surface area (Å²) in [6, 6.07) is 19.7. The van der Waals surface area contributed by atoms with Crippen molar-refractivity contribution in [2.24, 2.45) is 5.92 Å². The fourth-order valence-electron chi connectivity index (χ4n) is 4.91. The molecule has 0 saturated heterocycles. The van der Waals surface area contributed by atoms with Gasteiger partial charge >= 0.3 is 5.97 Å². The van der Waals surface area contributed by atoms with Crippen LogP contribution in [0.2, 0.25) is 0 Å². The molecule has 168 valence electrons. The highest BCUT2D eigenvalue weighted by Gasteiger charge is 2.29. The molecule has 1 aliphatic rings. The lowest BCUT2D eigenvalue weighted by Crippen LogP contribution is -2.22. The van der Waals surface area contributed by atoms with Gasteiger partial charge in [-0.3, -0.25) is 4.79 Å². The minimum absolute atomic E-state index is 0.208. The van der Waals surface area contributed by atoms with Crippen molar-refractivity contribution in [2.75, 3.05) is 0 Å². The maximum Gasteiger partial charge on any atom is 0.311 e. The molecule has 0 aliphatic heterocycles. The van der Waals surface area contributed by atoms with Crippen molar-refractivity contribution in [2.45, 2.75) is 70.3 Å². The fraction of sp³-hybridized carbons (Fsp3) is 0.429. The molecule has 32 heavy (non-hydrogen) atoms. The van der Waals surface area contributed by atoms with Gasteiger partial charge in [0.15, 0.2) is 0 Å². The smallest absolute Gasteiger partial charge is 0.311 e. The van der Waals surface area contributed by atoms with Crippen molar-refractivity contribution in [1.29, 1.82) is 0 Å². The molecule has 2 aromatic carbocycles. The van der Waals surface area contributed by atoms with Crippen LogP contribution in [0.25, 0.3) is 10.9 Å². The summed E-state index contributed by atoms with van der Waals surface area (Å²) < 4.78 is 5.94. The zero-order valence-corrected chi connectivity index (χ0v) is 18.7. The van der Waals surface area contributed by atoms with Crippen molar-refractivity contribution in [3.05, 3.63) is 71.9 Å². The molecule has 1 atom stereocenters. The molecular weight excluding hydrogens is 398 g/mol. The van der Waals surface area contributed by atoms with E-state index in [0.717, 1.165) is 53.6 Å². The monoisotopic (exact) mass is 431 g/mol. The predicted octanol–water partition coefficient (Wildman–Crippen LogP) is 7.12. The molecule has 1 fully saturated rings. The van der Waals surface area contributed by atoms with Gasteiger partial charge in [-0.05, 0) is 48.6 Å². The van der Waals surface area contributed by atoms with Gasteiger partial charge < -0.3 is 9.84 Å². The highest BCUT2D eigenvalue weighted by molar-refractivity contribution is 5.78. The molecule has 4 nitrogen and oxygen atoms in total. The first kappa shape index (κ1) is 22.3. The largest absolute Gasteiger partial charge is 0.487 e. The number of rotatable bonds is 6. The number of carbonyl (C=O) groups is 1. The number of nitrogens with zero attached hydrogens (tertiary/aromatic N) is 1. The quantitative estimate of drug-likeness (QED) is 0.451. The summed E-state index contributed by atoms with van der Waals surface area (Å²) in [7, 11) is 0. The average Bonchev–Trinajstić information content (AvgIpc) is 2.82. The van der Waals surface area contributed by atoms with Crippen molar-refractivity contribution in [3.63, 3.8) is 0 Å². The highest BCUT2D eigenvalue weighted by atomic mass is 16.5. The second kappa shape index (κ2) is 11.1. The van der Waals surface area contributed by atoms with E-state index in [4.69, 9.17) is 4.74 Å². The van der Waals surface area contributed by atoms with Crippen molar-refractivity contribution in [3.8, 4) is 5.75 Å². The van der Waals surface area contributed by atoms with Crippen LogP contribution in [0.15, 0.2) is 60.7 Å². The molecule has 0 spiro atoms. The number of para-hydroxylation sites is 1. The Morgan fingerprint density at radius 3 is 2.22 bits per heavy atom. The Bertz CT molecular complexity index is 1000. The standard InChI is InChI=1S/C28H33NO3/c30-28(31)27(22-11-6-4-2-1-3-5-7-12-22)23-15-18-25(19-16-23)32-20-24-17-14-21-10-8-9-13-26(21)29-24/h8-10,13-19,22,27H,1-7,11-12,20H2,(H,30,31). The van der Waals surface area contributed by atoms with Crippen molar-refractivity contribution in [1.82, 2.24) is 4.98 Å². The Morgan fingerprint density at radius 1 is 0.875 bits per heavy atom. The van der Waals surface area contributed by atoms with Crippen LogP contribution < -0.4 is 4.74 Å². The fourth-order valence-corrected chi connectivity index (χ4v) is 4.91. The average molecular weight is 432 g/mol. The molecule has 1 N–H and O–H groups in total. The number of hydrogen-bond donors (Lipinski definition) is 1. The summed E-state index contributed by atoms with van der Waals surface area (Å²) in [5.41, 5.74) is 2.72. The number of ether oxygens (including phenoxy) is 1. The number of carboxylic acids is 1. The minimum atomic E-state index is -0.707. The van der Waals surface area contributed by atoms with E-state index >= 15 is 0 Å². The summed E-state index contributed by atoms with van der Waals surface area (Å²) in [4.78, 5) is 16.9. The normalized spacial score (nSPS) is 17.0. The first-order valence-electron chi connectivity index (χ1n) is 12.0. The highest BCUT2D eigenvalue weighted by Crippen LogP contribution is 2.35. The molecule has 1 heterocycles. The van der Waals surface area contributed by atoms with Crippen LogP contribution in [0.1, 0.15) is 75.0 Å². The van der Waals surface area contributed by atoms with E-state index in [2.05, 4.69) is 11.1 Å². The summed E-state index contributed by atoms with van der Waals surface area (Å²) >= 11 is 0. The van der Waals surface area contributed by atoms with Gasteiger partial charge in [-0.2, -0.15) is 0 Å². The van der Waals surface area contributed by atoms with Crippen LogP contribution in [0.3, 0.4) is 0 Å². The molecule has 0 radical (unpaired) electrons. The molecule has 3 aromatic rings. The van der Waals surface area contributed by atoms with E-state index in [1.54, 1.807) is 0 Å². The number of benzene rings is 2. The van der Waals surface area contributed by atoms with E-state index in [0.29, 0.717) is 6.61 Å². The summed E-state index contributed by atoms with van der Waals surface area (Å²) in [6.45, 7) is 0.384. The van der Waals surface area contributed by atoms with Gasteiger partial charge in [-0.15, -0.1) is 0 Å². The summed E-state index contributed by atoms with van der Waals surface area (Å²) in [5, 5.41) is 11.1.